The lowest BCUT2D eigenvalue weighted by Gasteiger charge is -2.38. The number of hydrogen-bond acceptors (Lipinski definition) is 4. The zero-order valence-corrected chi connectivity index (χ0v) is 18.5. The molecule has 1 aromatic heterocycles. The smallest absolute Gasteiger partial charge is 0.225 e. The monoisotopic (exact) mass is 401 g/mol. The zero-order chi connectivity index (χ0) is 20.6. The van der Waals surface area contributed by atoms with Gasteiger partial charge in [-0.3, -0.25) is 9.78 Å². The Morgan fingerprint density at radius 2 is 2.00 bits per heavy atom. The van der Waals surface area contributed by atoms with Gasteiger partial charge in [-0.15, -0.1) is 0 Å². The molecular weight excluding hydrogens is 362 g/mol. The molecular formula is C24H39N3O2. The molecule has 29 heavy (non-hydrogen) atoms. The van der Waals surface area contributed by atoms with E-state index in [2.05, 4.69) is 30.2 Å². The van der Waals surface area contributed by atoms with Gasteiger partial charge in [-0.25, -0.2) is 0 Å². The molecule has 2 aliphatic carbocycles. The van der Waals surface area contributed by atoms with Gasteiger partial charge in [0.15, 0.2) is 0 Å². The molecule has 1 aromatic rings. The Morgan fingerprint density at radius 3 is 2.66 bits per heavy atom. The Balaban J connectivity index is 1.58. The Labute approximate surface area is 176 Å². The van der Waals surface area contributed by atoms with Crippen LogP contribution in [-0.2, 0) is 22.5 Å². The van der Waals surface area contributed by atoms with Crippen LogP contribution in [0.1, 0.15) is 76.5 Å². The van der Waals surface area contributed by atoms with E-state index in [9.17, 15) is 4.79 Å². The molecule has 5 nitrogen and oxygen atoms in total. The predicted molar refractivity (Wildman–Crippen MR) is 117 cm³/mol. The molecule has 2 aliphatic rings. The summed E-state index contributed by atoms with van der Waals surface area (Å²) in [7, 11) is 1.91. The van der Waals surface area contributed by atoms with Gasteiger partial charge in [0, 0.05) is 37.9 Å². The first-order valence-electron chi connectivity index (χ1n) is 11.7. The highest BCUT2D eigenvalue weighted by molar-refractivity contribution is 5.78. The number of aryl methyl sites for hydroxylation is 1. The van der Waals surface area contributed by atoms with Gasteiger partial charge in [-0.05, 0) is 56.6 Å². The van der Waals surface area contributed by atoms with Crippen LogP contribution in [0.2, 0.25) is 0 Å². The molecule has 3 atom stereocenters. The van der Waals surface area contributed by atoms with E-state index in [0.29, 0.717) is 18.6 Å². The lowest BCUT2D eigenvalue weighted by atomic mass is 9.82. The molecule has 2 fully saturated rings. The minimum absolute atomic E-state index is 0.0790. The molecule has 1 heterocycles. The molecule has 1 amide bonds. The van der Waals surface area contributed by atoms with E-state index in [1.807, 2.05) is 24.2 Å². The summed E-state index contributed by atoms with van der Waals surface area (Å²) in [5, 5.41) is 3.85. The Hall–Kier alpha value is -1.46. The maximum Gasteiger partial charge on any atom is 0.225 e. The molecule has 5 heteroatoms. The summed E-state index contributed by atoms with van der Waals surface area (Å²) in [5.74, 6) is 0.328. The summed E-state index contributed by atoms with van der Waals surface area (Å²) in [6, 6.07) is 5.05. The summed E-state index contributed by atoms with van der Waals surface area (Å²) >= 11 is 0. The van der Waals surface area contributed by atoms with E-state index in [1.165, 1.54) is 31.2 Å². The van der Waals surface area contributed by atoms with E-state index < -0.39 is 0 Å². The van der Waals surface area contributed by atoms with Crippen LogP contribution in [0.15, 0.2) is 18.3 Å². The van der Waals surface area contributed by atoms with Crippen molar-refractivity contribution < 1.29 is 9.53 Å². The van der Waals surface area contributed by atoms with E-state index in [0.717, 1.165) is 44.4 Å². The fourth-order valence-corrected chi connectivity index (χ4v) is 4.80. The Kier molecular flexibility index (Phi) is 8.49. The standard InChI is InChI=1S/C24H39N3O2/c1-4-14-29-23-13-11-19(15-22(23)26-20-8-6-7-9-20)24(28)27(3)17-21-12-10-18(5-2)16-25-21/h10,12,16,19-20,22-23,26H,4-9,11,13-15,17H2,1-3H3/t19-,22+,23+/m0/s1. The number of aromatic nitrogens is 1. The van der Waals surface area contributed by atoms with Crippen LogP contribution in [0.4, 0.5) is 0 Å². The van der Waals surface area contributed by atoms with Crippen LogP contribution in [-0.4, -0.2) is 47.6 Å². The van der Waals surface area contributed by atoms with Crippen molar-refractivity contribution in [3.63, 3.8) is 0 Å². The first kappa shape index (κ1) is 22.2. The topological polar surface area (TPSA) is 54.5 Å². The molecule has 0 radical (unpaired) electrons. The van der Waals surface area contributed by atoms with Crippen molar-refractivity contribution in [2.75, 3.05) is 13.7 Å². The second kappa shape index (κ2) is 11.1. The van der Waals surface area contributed by atoms with Crippen molar-refractivity contribution in [3.8, 4) is 0 Å². The van der Waals surface area contributed by atoms with E-state index in [4.69, 9.17) is 4.74 Å². The number of nitrogens with zero attached hydrogens (tertiary/aromatic N) is 2. The van der Waals surface area contributed by atoms with Gasteiger partial charge in [-0.2, -0.15) is 0 Å². The third kappa shape index (κ3) is 6.26. The number of ether oxygens (including phenoxy) is 1. The van der Waals surface area contributed by atoms with Gasteiger partial charge in [0.1, 0.15) is 0 Å². The van der Waals surface area contributed by atoms with Crippen LogP contribution < -0.4 is 5.32 Å². The van der Waals surface area contributed by atoms with Crippen LogP contribution in [0.5, 0.6) is 0 Å². The third-order valence-corrected chi connectivity index (χ3v) is 6.55. The molecule has 0 aromatic carbocycles. The maximum atomic E-state index is 13.2. The number of rotatable bonds is 9. The SMILES string of the molecule is CCCO[C@@H]1CC[C@H](C(=O)N(C)Cc2ccc(CC)cn2)C[C@H]1NC1CCCC1. The van der Waals surface area contributed by atoms with E-state index in [-0.39, 0.29) is 17.9 Å². The van der Waals surface area contributed by atoms with Crippen molar-refractivity contribution in [2.45, 2.75) is 96.4 Å². The number of carbonyl (C=O) groups is 1. The van der Waals surface area contributed by atoms with Crippen molar-refractivity contribution in [2.24, 2.45) is 5.92 Å². The zero-order valence-electron chi connectivity index (χ0n) is 18.5. The first-order valence-corrected chi connectivity index (χ1v) is 11.7. The molecule has 0 spiro atoms. The van der Waals surface area contributed by atoms with Crippen LogP contribution in [0.25, 0.3) is 0 Å². The highest BCUT2D eigenvalue weighted by Crippen LogP contribution is 2.30. The molecule has 0 saturated heterocycles. The molecule has 0 bridgehead atoms. The van der Waals surface area contributed by atoms with Gasteiger partial charge in [0.2, 0.25) is 5.91 Å². The highest BCUT2D eigenvalue weighted by Gasteiger charge is 2.36. The molecule has 0 unspecified atom stereocenters. The van der Waals surface area contributed by atoms with Gasteiger partial charge < -0.3 is 15.0 Å². The number of pyridine rings is 1. The fourth-order valence-electron chi connectivity index (χ4n) is 4.80. The molecule has 1 N–H and O–H groups in total. The first-order chi connectivity index (χ1) is 14.1. The minimum Gasteiger partial charge on any atom is -0.377 e. The summed E-state index contributed by atoms with van der Waals surface area (Å²) in [5.41, 5.74) is 2.19. The average molecular weight is 402 g/mol. The lowest BCUT2D eigenvalue weighted by Crippen LogP contribution is -2.51. The normalized spacial score (nSPS) is 25.3. The largest absolute Gasteiger partial charge is 0.377 e. The van der Waals surface area contributed by atoms with Crippen LogP contribution in [0.3, 0.4) is 0 Å². The van der Waals surface area contributed by atoms with Crippen LogP contribution in [0, 0.1) is 5.92 Å². The molecule has 2 saturated carbocycles. The molecule has 3 rings (SSSR count). The van der Waals surface area contributed by atoms with Gasteiger partial charge in [0.25, 0.3) is 0 Å². The molecule has 0 aliphatic heterocycles. The fraction of sp³-hybridized carbons (Fsp3) is 0.750. The van der Waals surface area contributed by atoms with Crippen molar-refractivity contribution in [1.29, 1.82) is 0 Å². The molecule has 162 valence electrons. The number of carbonyl (C=O) groups excluding carboxylic acids is 1. The summed E-state index contributed by atoms with van der Waals surface area (Å²) in [6.07, 6.45) is 12.1. The Bertz CT molecular complexity index is 628. The summed E-state index contributed by atoms with van der Waals surface area (Å²) in [4.78, 5) is 19.5. The van der Waals surface area contributed by atoms with Gasteiger partial charge in [-0.1, -0.05) is 32.8 Å². The Morgan fingerprint density at radius 1 is 1.21 bits per heavy atom. The van der Waals surface area contributed by atoms with Crippen molar-refractivity contribution in [1.82, 2.24) is 15.2 Å². The number of amides is 1. The second-order valence-electron chi connectivity index (χ2n) is 8.88. The maximum absolute atomic E-state index is 13.2. The van der Waals surface area contributed by atoms with Crippen LogP contribution >= 0.6 is 0 Å². The predicted octanol–water partition coefficient (Wildman–Crippen LogP) is 4.10. The van der Waals surface area contributed by atoms with E-state index >= 15 is 0 Å². The van der Waals surface area contributed by atoms with Gasteiger partial charge >= 0.3 is 0 Å². The number of nitrogens with one attached hydrogen (secondary N) is 1. The van der Waals surface area contributed by atoms with Crippen molar-refractivity contribution in [3.05, 3.63) is 29.6 Å². The second-order valence-corrected chi connectivity index (χ2v) is 8.88. The highest BCUT2D eigenvalue weighted by atomic mass is 16.5. The summed E-state index contributed by atoms with van der Waals surface area (Å²) < 4.78 is 6.16. The average Bonchev–Trinajstić information content (AvgIpc) is 3.26. The quantitative estimate of drug-likeness (QED) is 0.677. The lowest BCUT2D eigenvalue weighted by molar-refractivity contribution is -0.137. The number of hydrogen-bond donors (Lipinski definition) is 1. The van der Waals surface area contributed by atoms with E-state index in [1.54, 1.807) is 0 Å². The summed E-state index contributed by atoms with van der Waals surface area (Å²) in [6.45, 7) is 5.68. The third-order valence-electron chi connectivity index (χ3n) is 6.55. The minimum atomic E-state index is 0.0790. The van der Waals surface area contributed by atoms with Crippen molar-refractivity contribution >= 4 is 5.91 Å². The van der Waals surface area contributed by atoms with Gasteiger partial charge in [0.05, 0.1) is 18.3 Å².